The molecule has 0 saturated carbocycles. The number of unbranched alkanes of at least 4 members (excludes halogenated alkanes) is 18. The van der Waals surface area contributed by atoms with E-state index in [4.69, 9.17) is 42.6 Å². The number of hydrogen-bond donors (Lipinski definition) is 0. The fourth-order valence-corrected chi connectivity index (χ4v) is 6.45. The van der Waals surface area contributed by atoms with Crippen molar-refractivity contribution in [2.45, 2.75) is 207 Å². The SMILES string of the molecule is CCCCCCCOC(=O)C(=O)OCCCCCC(=O)OCC(CC)(COC(=O)CCCCCOC(=O)C(=O)OCCCCCCC)COC(=O)CCCCCOC(=O)C(=O)OCCCCCCC. The molecule has 0 radical (unpaired) electrons. The Labute approximate surface area is 410 Å². The minimum Gasteiger partial charge on any atom is -0.465 e. The van der Waals surface area contributed by atoms with Crippen LogP contribution in [0.3, 0.4) is 0 Å². The van der Waals surface area contributed by atoms with Crippen LogP contribution < -0.4 is 0 Å². The molecule has 0 saturated heterocycles. The molecule has 0 bridgehead atoms. The van der Waals surface area contributed by atoms with Crippen LogP contribution in [0.2, 0.25) is 0 Å². The molecule has 18 heteroatoms. The van der Waals surface area contributed by atoms with Gasteiger partial charge in [-0.15, -0.1) is 0 Å². The molecule has 0 aliphatic carbocycles. The summed E-state index contributed by atoms with van der Waals surface area (Å²) >= 11 is 0. The van der Waals surface area contributed by atoms with Crippen LogP contribution in [0, 0.1) is 5.41 Å². The van der Waals surface area contributed by atoms with Crippen LogP contribution in [0.25, 0.3) is 0 Å². The molecule has 0 unspecified atom stereocenters. The third-order valence-electron chi connectivity index (χ3n) is 11.1. The molecule has 0 aliphatic rings. The Morgan fingerprint density at radius 3 is 0.667 bits per heavy atom. The minimum atomic E-state index is -1.06. The highest BCUT2D eigenvalue weighted by Crippen LogP contribution is 2.26. The number of carbonyl (C=O) groups is 9. The summed E-state index contributed by atoms with van der Waals surface area (Å²) in [7, 11) is 0. The molecule has 0 aliphatic heterocycles. The van der Waals surface area contributed by atoms with Crippen molar-refractivity contribution in [3.63, 3.8) is 0 Å². The first-order valence-electron chi connectivity index (χ1n) is 25.8. The molecule has 0 spiro atoms. The summed E-state index contributed by atoms with van der Waals surface area (Å²) < 4.78 is 46.6. The molecule has 0 aromatic heterocycles. The minimum absolute atomic E-state index is 0.0122. The smallest absolute Gasteiger partial charge is 0.417 e. The highest BCUT2D eigenvalue weighted by molar-refractivity contribution is 6.30. The van der Waals surface area contributed by atoms with Gasteiger partial charge >= 0.3 is 53.7 Å². The lowest BCUT2D eigenvalue weighted by Gasteiger charge is -2.31. The third-order valence-corrected chi connectivity index (χ3v) is 11.1. The summed E-state index contributed by atoms with van der Waals surface area (Å²) in [6, 6.07) is 0. The zero-order valence-corrected chi connectivity index (χ0v) is 42.5. The van der Waals surface area contributed by atoms with Crippen LogP contribution in [0.4, 0.5) is 0 Å². The van der Waals surface area contributed by atoms with Crippen molar-refractivity contribution in [3.05, 3.63) is 0 Å². The number of rotatable bonds is 43. The van der Waals surface area contributed by atoms with Crippen molar-refractivity contribution in [3.8, 4) is 0 Å². The molecule has 0 N–H and O–H groups in total. The number of ether oxygens (including phenoxy) is 9. The van der Waals surface area contributed by atoms with E-state index in [9.17, 15) is 43.2 Å². The Hall–Kier alpha value is -4.77. The lowest BCUT2D eigenvalue weighted by atomic mass is 9.88. The van der Waals surface area contributed by atoms with E-state index in [1.807, 2.05) is 0 Å². The second-order valence-electron chi connectivity index (χ2n) is 17.3. The van der Waals surface area contributed by atoms with E-state index in [1.54, 1.807) is 6.92 Å². The van der Waals surface area contributed by atoms with E-state index in [-0.39, 0.29) is 78.7 Å². The van der Waals surface area contributed by atoms with Crippen LogP contribution in [0.5, 0.6) is 0 Å². The Morgan fingerprint density at radius 2 is 0.464 bits per heavy atom. The molecule has 398 valence electrons. The van der Waals surface area contributed by atoms with Crippen molar-refractivity contribution in [1.29, 1.82) is 0 Å². The van der Waals surface area contributed by atoms with Crippen molar-refractivity contribution in [1.82, 2.24) is 0 Å². The van der Waals surface area contributed by atoms with Gasteiger partial charge in [-0.1, -0.05) is 105 Å². The largest absolute Gasteiger partial charge is 0.465 e. The topological polar surface area (TPSA) is 237 Å². The molecule has 69 heavy (non-hydrogen) atoms. The van der Waals surface area contributed by atoms with Gasteiger partial charge in [-0.2, -0.15) is 0 Å². The van der Waals surface area contributed by atoms with Gasteiger partial charge in [-0.05, 0) is 83.5 Å². The van der Waals surface area contributed by atoms with Gasteiger partial charge in [0.25, 0.3) is 0 Å². The van der Waals surface area contributed by atoms with E-state index in [0.717, 1.165) is 77.0 Å². The molecule has 0 fully saturated rings. The maximum atomic E-state index is 12.8. The van der Waals surface area contributed by atoms with Gasteiger partial charge in [0.2, 0.25) is 0 Å². The quantitative estimate of drug-likeness (QED) is 0.0240. The Kier molecular flexibility index (Phi) is 41.4. The Morgan fingerprint density at radius 1 is 0.261 bits per heavy atom. The molecular weight excluding hydrogens is 901 g/mol. The Balaban J connectivity index is 4.91. The fourth-order valence-electron chi connectivity index (χ4n) is 6.45. The van der Waals surface area contributed by atoms with Crippen LogP contribution >= 0.6 is 0 Å². The second kappa shape index (κ2) is 44.4. The number of hydrogen-bond acceptors (Lipinski definition) is 18. The maximum absolute atomic E-state index is 12.8. The van der Waals surface area contributed by atoms with Gasteiger partial charge in [-0.25, -0.2) is 28.8 Å². The zero-order valence-electron chi connectivity index (χ0n) is 42.5. The third kappa shape index (κ3) is 37.8. The van der Waals surface area contributed by atoms with Crippen LogP contribution in [0.1, 0.15) is 207 Å². The molecule has 0 amide bonds. The normalized spacial score (nSPS) is 11.0. The van der Waals surface area contributed by atoms with Gasteiger partial charge in [0.05, 0.1) is 45.1 Å². The van der Waals surface area contributed by atoms with Crippen molar-refractivity contribution < 1.29 is 85.8 Å². The summed E-state index contributed by atoms with van der Waals surface area (Å²) in [5, 5.41) is 0. The average Bonchev–Trinajstić information content (AvgIpc) is 3.34. The highest BCUT2D eigenvalue weighted by atomic mass is 16.6. The van der Waals surface area contributed by atoms with E-state index in [0.29, 0.717) is 83.5 Å². The first-order valence-corrected chi connectivity index (χ1v) is 25.8. The van der Waals surface area contributed by atoms with E-state index >= 15 is 0 Å². The predicted molar refractivity (Wildman–Crippen MR) is 253 cm³/mol. The average molecular weight is 987 g/mol. The highest BCUT2D eigenvalue weighted by Gasteiger charge is 2.34. The van der Waals surface area contributed by atoms with Gasteiger partial charge in [0, 0.05) is 19.3 Å². The predicted octanol–water partition coefficient (Wildman–Crippen LogP) is 8.86. The van der Waals surface area contributed by atoms with Crippen LogP contribution in [0.15, 0.2) is 0 Å². The fraction of sp³-hybridized carbons (Fsp3) is 0.824. The summed E-state index contributed by atoms with van der Waals surface area (Å²) in [4.78, 5) is 110. The lowest BCUT2D eigenvalue weighted by Crippen LogP contribution is -2.39. The maximum Gasteiger partial charge on any atom is 0.417 e. The monoisotopic (exact) mass is 987 g/mol. The zero-order chi connectivity index (χ0) is 51.2. The molecule has 0 atom stereocenters. The van der Waals surface area contributed by atoms with Gasteiger partial charge in [-0.3, -0.25) is 14.4 Å². The van der Waals surface area contributed by atoms with E-state index < -0.39 is 59.1 Å². The van der Waals surface area contributed by atoms with E-state index in [2.05, 4.69) is 20.8 Å². The first-order chi connectivity index (χ1) is 33.3. The lowest BCUT2D eigenvalue weighted by molar-refractivity contribution is -0.167. The van der Waals surface area contributed by atoms with Gasteiger partial charge in [0.1, 0.15) is 19.8 Å². The summed E-state index contributed by atoms with van der Waals surface area (Å²) in [6.45, 7) is 7.92. The summed E-state index contributed by atoms with van der Waals surface area (Å²) in [6.07, 6.45) is 18.9. The summed E-state index contributed by atoms with van der Waals surface area (Å²) in [5.74, 6) is -7.82. The van der Waals surface area contributed by atoms with Crippen molar-refractivity contribution in [2.75, 3.05) is 59.5 Å². The Bertz CT molecular complexity index is 1280. The number of carbonyl (C=O) groups excluding carboxylic acids is 9. The number of esters is 9. The first kappa shape index (κ1) is 64.2. The van der Waals surface area contributed by atoms with E-state index in [1.165, 1.54) is 0 Å². The van der Waals surface area contributed by atoms with Gasteiger partial charge < -0.3 is 42.6 Å². The molecule has 0 rings (SSSR count). The van der Waals surface area contributed by atoms with Crippen molar-refractivity contribution >= 4 is 53.7 Å². The second-order valence-corrected chi connectivity index (χ2v) is 17.3. The molecule has 18 nitrogen and oxygen atoms in total. The van der Waals surface area contributed by atoms with Crippen LogP contribution in [-0.4, -0.2) is 113 Å². The molecule has 0 aromatic carbocycles. The standard InChI is InChI=1S/C51H86O18/c1-5-9-12-15-24-33-61-45(55)48(58)64-36-27-18-21-30-42(52)67-39-51(8-4,40-68-43(53)31-22-19-28-37-65-49(59)46(56)62-34-25-16-13-10-6-2)41-69-44(54)32-23-20-29-38-66-50(60)47(57)63-35-26-17-14-11-7-3/h5-41H2,1-4H3. The molecule has 0 heterocycles. The molecule has 0 aromatic rings. The van der Waals surface area contributed by atoms with Gasteiger partial charge in [0.15, 0.2) is 0 Å². The summed E-state index contributed by atoms with van der Waals surface area (Å²) in [5.41, 5.74) is -1.06. The molecular formula is C51H86O18. The van der Waals surface area contributed by atoms with Crippen molar-refractivity contribution in [2.24, 2.45) is 5.41 Å². The van der Waals surface area contributed by atoms with Crippen LogP contribution in [-0.2, 0) is 85.8 Å².